The first kappa shape index (κ1) is 22.5. The molecule has 0 radical (unpaired) electrons. The van der Waals surface area contributed by atoms with Gasteiger partial charge in [0.2, 0.25) is 5.91 Å². The average Bonchev–Trinajstić information content (AvgIpc) is 2.91. The van der Waals surface area contributed by atoms with Gasteiger partial charge in [-0.15, -0.1) is 24.0 Å². The highest BCUT2D eigenvalue weighted by molar-refractivity contribution is 14.0. The normalized spacial score (nSPS) is 16.5. The number of carbonyl (C=O) groups is 1. The van der Waals surface area contributed by atoms with Crippen LogP contribution in [0.15, 0.2) is 4.99 Å². The summed E-state index contributed by atoms with van der Waals surface area (Å²) in [5.41, 5.74) is 0. The Morgan fingerprint density at radius 2 is 1.96 bits per heavy atom. The second kappa shape index (κ2) is 12.8. The lowest BCUT2D eigenvalue weighted by Crippen LogP contribution is -2.42. The largest absolute Gasteiger partial charge is 0.356 e. The number of carbonyl (C=O) groups excluding carboxylic acids is 1. The van der Waals surface area contributed by atoms with E-state index in [1.54, 1.807) is 7.05 Å². The van der Waals surface area contributed by atoms with E-state index in [0.717, 1.165) is 63.6 Å². The van der Waals surface area contributed by atoms with Crippen LogP contribution in [0.2, 0.25) is 0 Å². The van der Waals surface area contributed by atoms with Gasteiger partial charge in [-0.05, 0) is 38.0 Å². The average molecular weight is 438 g/mol. The molecule has 0 saturated carbocycles. The lowest BCUT2D eigenvalue weighted by Gasteiger charge is -2.27. The van der Waals surface area contributed by atoms with E-state index < -0.39 is 0 Å². The fourth-order valence-corrected chi connectivity index (χ4v) is 2.93. The summed E-state index contributed by atoms with van der Waals surface area (Å²) < 4.78 is 0. The van der Waals surface area contributed by atoms with Crippen molar-refractivity contribution in [3.8, 4) is 0 Å². The molecule has 0 aromatic heterocycles. The molecule has 1 aliphatic heterocycles. The van der Waals surface area contributed by atoms with Gasteiger partial charge in [0.15, 0.2) is 5.96 Å². The summed E-state index contributed by atoms with van der Waals surface area (Å²) in [6.07, 6.45) is 6.14. The van der Waals surface area contributed by atoms with Crippen LogP contribution in [-0.2, 0) is 4.79 Å². The minimum Gasteiger partial charge on any atom is -0.356 e. The summed E-state index contributed by atoms with van der Waals surface area (Å²) in [6, 6.07) is 0.363. The van der Waals surface area contributed by atoms with Gasteiger partial charge in [-0.1, -0.05) is 20.8 Å². The van der Waals surface area contributed by atoms with Gasteiger partial charge in [0, 0.05) is 39.1 Å². The fourth-order valence-electron chi connectivity index (χ4n) is 2.93. The Bertz CT molecular complexity index is 361. The van der Waals surface area contributed by atoms with Crippen molar-refractivity contribution in [1.82, 2.24) is 15.5 Å². The van der Waals surface area contributed by atoms with Gasteiger partial charge in [-0.2, -0.15) is 0 Å². The highest BCUT2D eigenvalue weighted by atomic mass is 127. The lowest BCUT2D eigenvalue weighted by molar-refractivity contribution is -0.129. The Balaban J connectivity index is 0.00000484. The Hall–Kier alpha value is -0.530. The number of hydrogen-bond donors (Lipinski definition) is 2. The zero-order valence-electron chi connectivity index (χ0n) is 15.2. The standard InChI is InChI=1S/C17H34N4O.HI/c1-5-15(21-13-7-9-16(21)22)10-12-20-17(18-4)19-11-6-8-14(2)3;/h14-15H,5-13H2,1-4H3,(H2,18,19,20);1H. The zero-order chi connectivity index (χ0) is 16.4. The van der Waals surface area contributed by atoms with Crippen LogP contribution >= 0.6 is 24.0 Å². The minimum absolute atomic E-state index is 0. The molecule has 0 spiro atoms. The van der Waals surface area contributed by atoms with Crippen molar-refractivity contribution in [1.29, 1.82) is 0 Å². The van der Waals surface area contributed by atoms with Gasteiger partial charge in [-0.25, -0.2) is 0 Å². The third kappa shape index (κ3) is 8.77. The van der Waals surface area contributed by atoms with Crippen molar-refractivity contribution in [3.05, 3.63) is 0 Å². The van der Waals surface area contributed by atoms with E-state index in [9.17, 15) is 4.79 Å². The van der Waals surface area contributed by atoms with Crippen LogP contribution in [-0.4, -0.2) is 49.5 Å². The van der Waals surface area contributed by atoms with E-state index in [0.29, 0.717) is 11.9 Å². The van der Waals surface area contributed by atoms with Gasteiger partial charge < -0.3 is 15.5 Å². The molecule has 2 N–H and O–H groups in total. The summed E-state index contributed by atoms with van der Waals surface area (Å²) in [5, 5.41) is 6.71. The van der Waals surface area contributed by atoms with Gasteiger partial charge >= 0.3 is 0 Å². The molecule has 5 nitrogen and oxygen atoms in total. The molecule has 136 valence electrons. The number of guanidine groups is 1. The molecule has 1 rings (SSSR count). The number of aliphatic imine (C=N–C) groups is 1. The molecule has 0 bridgehead atoms. The van der Waals surface area contributed by atoms with E-state index in [-0.39, 0.29) is 24.0 Å². The third-order valence-corrected chi connectivity index (χ3v) is 4.27. The van der Waals surface area contributed by atoms with Crippen molar-refractivity contribution >= 4 is 35.8 Å². The van der Waals surface area contributed by atoms with Crippen LogP contribution in [0.4, 0.5) is 0 Å². The predicted molar refractivity (Wildman–Crippen MR) is 108 cm³/mol. The molecule has 1 fully saturated rings. The number of likely N-dealkylation sites (tertiary alicyclic amines) is 1. The first-order valence-corrected chi connectivity index (χ1v) is 8.82. The molecular formula is C17H35IN4O. The van der Waals surface area contributed by atoms with Gasteiger partial charge in [-0.3, -0.25) is 9.79 Å². The highest BCUT2D eigenvalue weighted by Gasteiger charge is 2.26. The van der Waals surface area contributed by atoms with E-state index in [1.165, 1.54) is 6.42 Å². The molecule has 0 aromatic rings. The number of amides is 1. The van der Waals surface area contributed by atoms with E-state index in [2.05, 4.69) is 41.3 Å². The Morgan fingerprint density at radius 3 is 2.48 bits per heavy atom. The topological polar surface area (TPSA) is 56.7 Å². The van der Waals surface area contributed by atoms with Crippen molar-refractivity contribution in [3.63, 3.8) is 0 Å². The summed E-state index contributed by atoms with van der Waals surface area (Å²) in [5.74, 6) is 1.94. The monoisotopic (exact) mass is 438 g/mol. The molecule has 1 unspecified atom stereocenters. The molecule has 23 heavy (non-hydrogen) atoms. The maximum atomic E-state index is 11.8. The van der Waals surface area contributed by atoms with Crippen molar-refractivity contribution in [2.45, 2.75) is 65.3 Å². The Labute approximate surface area is 159 Å². The molecule has 1 aliphatic rings. The van der Waals surface area contributed by atoms with Crippen LogP contribution in [0.25, 0.3) is 0 Å². The molecule has 0 aromatic carbocycles. The van der Waals surface area contributed by atoms with Crippen LogP contribution in [0.5, 0.6) is 0 Å². The van der Waals surface area contributed by atoms with Crippen molar-refractivity contribution in [2.24, 2.45) is 10.9 Å². The fraction of sp³-hybridized carbons (Fsp3) is 0.882. The maximum absolute atomic E-state index is 11.8. The summed E-state index contributed by atoms with van der Waals surface area (Å²) in [7, 11) is 1.80. The molecule has 6 heteroatoms. The maximum Gasteiger partial charge on any atom is 0.222 e. The van der Waals surface area contributed by atoms with Crippen LogP contribution < -0.4 is 10.6 Å². The minimum atomic E-state index is 0. The second-order valence-electron chi connectivity index (χ2n) is 6.50. The lowest BCUT2D eigenvalue weighted by atomic mass is 10.1. The van der Waals surface area contributed by atoms with E-state index in [4.69, 9.17) is 0 Å². The van der Waals surface area contributed by atoms with Crippen molar-refractivity contribution in [2.75, 3.05) is 26.7 Å². The third-order valence-electron chi connectivity index (χ3n) is 4.27. The highest BCUT2D eigenvalue weighted by Crippen LogP contribution is 2.17. The Kier molecular flexibility index (Phi) is 12.5. The van der Waals surface area contributed by atoms with E-state index in [1.807, 2.05) is 0 Å². The SMILES string of the molecule is CCC(CCNC(=NC)NCCCC(C)C)N1CCCC1=O.I. The molecule has 1 amide bonds. The number of rotatable bonds is 9. The molecule has 1 heterocycles. The smallest absolute Gasteiger partial charge is 0.222 e. The molecule has 1 saturated heterocycles. The number of hydrogen-bond acceptors (Lipinski definition) is 2. The quantitative estimate of drug-likeness (QED) is 0.252. The van der Waals surface area contributed by atoms with Gasteiger partial charge in [0.1, 0.15) is 0 Å². The molecule has 0 aliphatic carbocycles. The zero-order valence-corrected chi connectivity index (χ0v) is 17.6. The number of halogens is 1. The number of nitrogens with one attached hydrogen (secondary N) is 2. The molecule has 1 atom stereocenters. The first-order valence-electron chi connectivity index (χ1n) is 8.82. The first-order chi connectivity index (χ1) is 10.6. The number of nitrogens with zero attached hydrogens (tertiary/aromatic N) is 2. The molecular weight excluding hydrogens is 403 g/mol. The van der Waals surface area contributed by atoms with Crippen molar-refractivity contribution < 1.29 is 4.79 Å². The van der Waals surface area contributed by atoms with Crippen LogP contribution in [0.1, 0.15) is 59.3 Å². The van der Waals surface area contributed by atoms with Gasteiger partial charge in [0.25, 0.3) is 0 Å². The van der Waals surface area contributed by atoms with E-state index >= 15 is 0 Å². The summed E-state index contributed by atoms with van der Waals surface area (Å²) >= 11 is 0. The summed E-state index contributed by atoms with van der Waals surface area (Å²) in [4.78, 5) is 18.1. The Morgan fingerprint density at radius 1 is 1.26 bits per heavy atom. The van der Waals surface area contributed by atoms with Crippen LogP contribution in [0, 0.1) is 5.92 Å². The van der Waals surface area contributed by atoms with Gasteiger partial charge in [0.05, 0.1) is 0 Å². The second-order valence-corrected chi connectivity index (χ2v) is 6.50. The predicted octanol–water partition coefficient (Wildman–Crippen LogP) is 3.00. The van der Waals surface area contributed by atoms with Crippen LogP contribution in [0.3, 0.4) is 0 Å². The summed E-state index contributed by atoms with van der Waals surface area (Å²) in [6.45, 7) is 9.40.